The molecule has 0 bridgehead atoms. The van der Waals surface area contributed by atoms with Gasteiger partial charge in [-0.05, 0) is 0 Å². The minimum absolute atomic E-state index is 0.594. The van der Waals surface area contributed by atoms with Crippen LogP contribution >= 0.6 is 0 Å². The Labute approximate surface area is 84.8 Å². The van der Waals surface area contributed by atoms with Crippen molar-refractivity contribution < 1.29 is 34.7 Å². The highest BCUT2D eigenvalue weighted by atomic mass is 16.7. The number of nitrogens with two attached hydrogens (primary N) is 1. The number of primary amides is 1. The SMILES string of the molecule is NC(=O)OC1O[C@H](CO)[C@H](O)[C@H](O)[C@H]1O. The molecule has 5 atom stereocenters. The monoisotopic (exact) mass is 223 g/mol. The Balaban J connectivity index is 2.69. The van der Waals surface area contributed by atoms with Crippen LogP contribution in [0.2, 0.25) is 0 Å². The van der Waals surface area contributed by atoms with Gasteiger partial charge in [-0.15, -0.1) is 0 Å². The summed E-state index contributed by atoms with van der Waals surface area (Å²) in [6, 6.07) is 0. The van der Waals surface area contributed by atoms with Crippen molar-refractivity contribution in [1.82, 2.24) is 0 Å². The van der Waals surface area contributed by atoms with Crippen molar-refractivity contribution in [3.8, 4) is 0 Å². The van der Waals surface area contributed by atoms with Gasteiger partial charge in [0.15, 0.2) is 0 Å². The van der Waals surface area contributed by atoms with Crippen LogP contribution in [-0.4, -0.2) is 63.8 Å². The Bertz CT molecular complexity index is 233. The molecule has 1 fully saturated rings. The van der Waals surface area contributed by atoms with Gasteiger partial charge >= 0.3 is 6.09 Å². The number of aliphatic hydroxyl groups is 4. The van der Waals surface area contributed by atoms with Gasteiger partial charge in [0.2, 0.25) is 6.29 Å². The molecule has 6 N–H and O–H groups in total. The molecule has 8 heteroatoms. The van der Waals surface area contributed by atoms with Crippen LogP contribution in [0.3, 0.4) is 0 Å². The molecule has 0 aromatic carbocycles. The largest absolute Gasteiger partial charge is 0.417 e. The van der Waals surface area contributed by atoms with Gasteiger partial charge in [0.05, 0.1) is 6.61 Å². The molecule has 1 heterocycles. The second-order valence-electron chi connectivity index (χ2n) is 3.13. The first-order valence-corrected chi connectivity index (χ1v) is 4.24. The molecule has 0 aliphatic carbocycles. The number of amides is 1. The molecule has 1 unspecified atom stereocenters. The van der Waals surface area contributed by atoms with Gasteiger partial charge in [0.1, 0.15) is 24.4 Å². The van der Waals surface area contributed by atoms with Crippen LogP contribution in [0.4, 0.5) is 4.79 Å². The summed E-state index contributed by atoms with van der Waals surface area (Å²) in [5.41, 5.74) is 4.69. The van der Waals surface area contributed by atoms with Crippen molar-refractivity contribution in [2.24, 2.45) is 5.73 Å². The molecule has 1 rings (SSSR count). The van der Waals surface area contributed by atoms with Gasteiger partial charge in [-0.25, -0.2) is 4.79 Å². The van der Waals surface area contributed by atoms with Crippen molar-refractivity contribution >= 4 is 6.09 Å². The van der Waals surface area contributed by atoms with Gasteiger partial charge < -0.3 is 35.6 Å². The maximum Gasteiger partial charge on any atom is 0.406 e. The molecule has 1 aliphatic rings. The van der Waals surface area contributed by atoms with E-state index in [1.165, 1.54) is 0 Å². The number of aliphatic hydroxyl groups excluding tert-OH is 4. The lowest BCUT2D eigenvalue weighted by Crippen LogP contribution is -2.59. The van der Waals surface area contributed by atoms with Crippen molar-refractivity contribution in [3.05, 3.63) is 0 Å². The fourth-order valence-electron chi connectivity index (χ4n) is 1.28. The minimum Gasteiger partial charge on any atom is -0.417 e. The summed E-state index contributed by atoms with van der Waals surface area (Å²) >= 11 is 0. The number of carbonyl (C=O) groups is 1. The highest BCUT2D eigenvalue weighted by molar-refractivity contribution is 5.64. The van der Waals surface area contributed by atoms with Gasteiger partial charge in [-0.2, -0.15) is 0 Å². The lowest BCUT2D eigenvalue weighted by molar-refractivity contribution is -0.284. The fourth-order valence-corrected chi connectivity index (χ4v) is 1.28. The normalized spacial score (nSPS) is 41.2. The maximum absolute atomic E-state index is 10.4. The third-order valence-electron chi connectivity index (χ3n) is 2.08. The summed E-state index contributed by atoms with van der Waals surface area (Å²) < 4.78 is 9.15. The maximum atomic E-state index is 10.4. The van der Waals surface area contributed by atoms with Gasteiger partial charge in [0, 0.05) is 0 Å². The van der Waals surface area contributed by atoms with Crippen molar-refractivity contribution in [3.63, 3.8) is 0 Å². The molecule has 0 saturated carbocycles. The predicted octanol–water partition coefficient (Wildman–Crippen LogP) is -3.12. The molecule has 0 aromatic rings. The lowest BCUT2D eigenvalue weighted by Gasteiger charge is -2.38. The Hall–Kier alpha value is -0.930. The van der Waals surface area contributed by atoms with Gasteiger partial charge in [-0.1, -0.05) is 0 Å². The van der Waals surface area contributed by atoms with E-state index in [1.807, 2.05) is 0 Å². The summed E-state index contributed by atoms with van der Waals surface area (Å²) in [7, 11) is 0. The summed E-state index contributed by atoms with van der Waals surface area (Å²) in [4.78, 5) is 10.4. The van der Waals surface area contributed by atoms with Crippen molar-refractivity contribution in [2.45, 2.75) is 30.7 Å². The highest BCUT2D eigenvalue weighted by Gasteiger charge is 2.45. The highest BCUT2D eigenvalue weighted by Crippen LogP contribution is 2.21. The van der Waals surface area contributed by atoms with E-state index in [4.69, 9.17) is 15.6 Å². The summed E-state index contributed by atoms with van der Waals surface area (Å²) in [5, 5.41) is 36.7. The molecule has 8 nitrogen and oxygen atoms in total. The van der Waals surface area contributed by atoms with Gasteiger partial charge in [-0.3, -0.25) is 0 Å². The zero-order valence-electron chi connectivity index (χ0n) is 7.68. The Morgan fingerprint density at radius 2 is 1.87 bits per heavy atom. The van der Waals surface area contributed by atoms with Gasteiger partial charge in [0.25, 0.3) is 0 Å². The molecule has 15 heavy (non-hydrogen) atoms. The second-order valence-corrected chi connectivity index (χ2v) is 3.13. The Morgan fingerprint density at radius 3 is 2.33 bits per heavy atom. The van der Waals surface area contributed by atoms with E-state index >= 15 is 0 Å². The molecular weight excluding hydrogens is 210 g/mol. The van der Waals surface area contributed by atoms with Crippen molar-refractivity contribution in [2.75, 3.05) is 6.61 Å². The topological polar surface area (TPSA) is 142 Å². The summed E-state index contributed by atoms with van der Waals surface area (Å²) in [6.07, 6.45) is -8.50. The van der Waals surface area contributed by atoms with E-state index in [0.29, 0.717) is 0 Å². The molecule has 0 spiro atoms. The van der Waals surface area contributed by atoms with Crippen LogP contribution in [0.5, 0.6) is 0 Å². The first-order chi connectivity index (χ1) is 6.97. The van der Waals surface area contributed by atoms with Crippen LogP contribution in [0.1, 0.15) is 0 Å². The third-order valence-corrected chi connectivity index (χ3v) is 2.08. The van der Waals surface area contributed by atoms with E-state index < -0.39 is 43.4 Å². The molecule has 88 valence electrons. The van der Waals surface area contributed by atoms with Crippen LogP contribution in [0, 0.1) is 0 Å². The molecule has 1 amide bonds. The molecule has 1 aliphatic heterocycles. The van der Waals surface area contributed by atoms with Crippen LogP contribution in [0.15, 0.2) is 0 Å². The molecular formula is C7H13NO7. The van der Waals surface area contributed by atoms with Crippen LogP contribution in [-0.2, 0) is 9.47 Å². The lowest BCUT2D eigenvalue weighted by atomic mass is 9.99. The van der Waals surface area contributed by atoms with E-state index in [-0.39, 0.29) is 0 Å². The molecule has 1 saturated heterocycles. The quantitative estimate of drug-likeness (QED) is 0.333. The number of ether oxygens (including phenoxy) is 2. The number of hydrogen-bond donors (Lipinski definition) is 5. The van der Waals surface area contributed by atoms with E-state index in [2.05, 4.69) is 4.74 Å². The summed E-state index contributed by atoms with van der Waals surface area (Å²) in [5.74, 6) is 0. The third kappa shape index (κ3) is 2.55. The van der Waals surface area contributed by atoms with Crippen molar-refractivity contribution in [1.29, 1.82) is 0 Å². The number of rotatable bonds is 2. The fraction of sp³-hybridized carbons (Fsp3) is 0.857. The first kappa shape index (κ1) is 12.1. The molecule has 0 aromatic heterocycles. The van der Waals surface area contributed by atoms with E-state index in [1.54, 1.807) is 0 Å². The second kappa shape index (κ2) is 4.73. The predicted molar refractivity (Wildman–Crippen MR) is 44.4 cm³/mol. The average Bonchev–Trinajstić information content (AvgIpc) is 2.18. The Kier molecular flexibility index (Phi) is 3.83. The molecule has 0 radical (unpaired) electrons. The zero-order valence-corrected chi connectivity index (χ0v) is 7.68. The minimum atomic E-state index is -1.62. The standard InChI is InChI=1S/C7H13NO7/c8-7(13)15-6-5(12)4(11)3(10)2(1-9)14-6/h2-6,9-12H,1H2,(H2,8,13)/t2-,3+,4+,5-,6?/m1/s1. The number of carbonyl (C=O) groups excluding carboxylic acids is 1. The smallest absolute Gasteiger partial charge is 0.406 e. The van der Waals surface area contributed by atoms with Crippen LogP contribution < -0.4 is 5.73 Å². The first-order valence-electron chi connectivity index (χ1n) is 4.24. The van der Waals surface area contributed by atoms with E-state index in [9.17, 15) is 20.1 Å². The van der Waals surface area contributed by atoms with E-state index in [0.717, 1.165) is 0 Å². The van der Waals surface area contributed by atoms with Crippen LogP contribution in [0.25, 0.3) is 0 Å². The average molecular weight is 223 g/mol. The Morgan fingerprint density at radius 1 is 1.27 bits per heavy atom. The summed E-state index contributed by atoms with van der Waals surface area (Å²) in [6.45, 7) is -0.594. The zero-order chi connectivity index (χ0) is 11.6. The number of hydrogen-bond acceptors (Lipinski definition) is 7.